The molecule has 0 saturated carbocycles. The topological polar surface area (TPSA) is 452 Å². The zero-order chi connectivity index (χ0) is 63.6. The molecule has 34 heteroatoms. The average Bonchev–Trinajstić information content (AvgIpc) is 2.00. The summed E-state index contributed by atoms with van der Waals surface area (Å²) in [6.45, 7) is 25.3. The highest BCUT2D eigenvalue weighted by molar-refractivity contribution is 7.13. The summed E-state index contributed by atoms with van der Waals surface area (Å²) in [5, 5.41) is 47.9. The van der Waals surface area contributed by atoms with Crippen LogP contribution in [0.25, 0.3) is 33.4 Å². The molecule has 448 valence electrons. The number of carbonyl (C=O) groups is 11. The van der Waals surface area contributed by atoms with Gasteiger partial charge in [0.05, 0.1) is 47.2 Å². The van der Waals surface area contributed by atoms with E-state index in [4.69, 9.17) is 13.9 Å². The number of hydrogen-bond acceptors (Lipinski definition) is 23. The highest BCUT2D eigenvalue weighted by Crippen LogP contribution is 2.34. The quantitative estimate of drug-likeness (QED) is 0.0823. The number of aliphatic carboxylic acids is 1. The number of aliphatic hydroxyl groups is 1. The minimum absolute atomic E-state index is 0.0174. The van der Waals surface area contributed by atoms with Gasteiger partial charge in [0.1, 0.15) is 79.1 Å². The van der Waals surface area contributed by atoms with Gasteiger partial charge in [0.15, 0.2) is 5.69 Å². The van der Waals surface area contributed by atoms with E-state index in [0.29, 0.717) is 16.4 Å². The lowest BCUT2D eigenvalue weighted by Gasteiger charge is -2.20. The molecule has 87 heavy (non-hydrogen) atoms. The summed E-state index contributed by atoms with van der Waals surface area (Å²) in [5.41, 5.74) is -4.68. The van der Waals surface area contributed by atoms with Crippen LogP contribution in [0.4, 0.5) is 0 Å². The number of pyridine rings is 1. The molecule has 10 bridgehead atoms. The molecule has 0 spiro atoms. The van der Waals surface area contributed by atoms with Crippen LogP contribution in [0.5, 0.6) is 0 Å². The number of oxazole rings is 2. The van der Waals surface area contributed by atoms with Gasteiger partial charge < -0.3 is 72.2 Å². The van der Waals surface area contributed by atoms with Gasteiger partial charge in [0.2, 0.25) is 17.7 Å². The number of carboxylic acids is 1. The maximum atomic E-state index is 13.9. The molecule has 1 aliphatic heterocycles. The van der Waals surface area contributed by atoms with Gasteiger partial charge in [0, 0.05) is 21.7 Å². The standard InChI is InChI=1S/C53H48N16O15S3/c1-10-11-30-50-66-32(16-84-50)43(75)54-14-36-62-33(17-85-36)45(77)60-25(7)51-67-34(18-86-51)46(78)58-23(5)41(73)59-24(6)49-65-31(15-83-49)38-28(52-68-35(19-87-52)47(79)69-37(27(9)70)48(80)64-30)12-13-29(63-38)44(76)57-22(4)40(72)55-20(2)39(71)56-21(3)42(74)61-26(8)53(81)82/h11-13,15-19,25,27,37,70H,2-6,8,10,14H2,1,7,9H3,(H,54,75)(H,55,72)(H,56,71)(H,57,76)(H,58,78)(H,59,73)(H,60,77)(H,61,74)(H,64,80)(H,69,79)(H,81,82)/t25-,27+,37+/m1/s1. The molecular weight excluding hydrogens is 1200 g/mol. The van der Waals surface area contributed by atoms with Crippen LogP contribution >= 0.6 is 34.0 Å². The first-order valence-electron chi connectivity index (χ1n) is 24.8. The fraction of sp³-hybridized carbons (Fsp3) is 0.151. The molecule has 6 aromatic heterocycles. The maximum absolute atomic E-state index is 13.9. The molecule has 1 aliphatic rings. The number of nitrogens with one attached hydrogen (secondary N) is 10. The normalized spacial score (nSPS) is 16.1. The predicted octanol–water partition coefficient (Wildman–Crippen LogP) is 1.79. The van der Waals surface area contributed by atoms with E-state index in [2.05, 4.69) is 112 Å². The Morgan fingerprint density at radius 2 is 1.24 bits per heavy atom. The molecule has 0 radical (unpaired) electrons. The van der Waals surface area contributed by atoms with E-state index >= 15 is 0 Å². The zero-order valence-electron chi connectivity index (χ0n) is 45.6. The van der Waals surface area contributed by atoms with E-state index in [-0.39, 0.29) is 74.5 Å². The first-order chi connectivity index (χ1) is 41.2. The van der Waals surface area contributed by atoms with Crippen molar-refractivity contribution in [2.24, 2.45) is 0 Å². The summed E-state index contributed by atoms with van der Waals surface area (Å²) < 4.78 is 11.2. The number of allylic oxidation sites excluding steroid dienone is 1. The number of aromatic nitrogens is 6. The number of fused-ring (bicyclic) bond motifs is 13. The van der Waals surface area contributed by atoms with Crippen molar-refractivity contribution >= 4 is 110 Å². The van der Waals surface area contributed by atoms with Gasteiger partial charge in [-0.25, -0.2) is 34.7 Å². The smallest absolute Gasteiger partial charge is 0.351 e. The molecule has 12 N–H and O–H groups in total. The van der Waals surface area contributed by atoms with Crippen molar-refractivity contribution in [3.8, 4) is 22.0 Å². The number of nitrogens with zero attached hydrogens (tertiary/aromatic N) is 6. The monoisotopic (exact) mass is 1240 g/mol. The Bertz CT molecular complexity index is 3970. The SMILES string of the molecule is C=C(NC(=O)C(=C)NC(=O)C(=C)NC(=O)C(=C)NC(=O)c1ccc2c(n1)-c1coc(n1)C(=C)NC(=O)C(=C)NC(=O)c1csc(n1)[C@@H](C)NC(=O)c1csc(n1)CNC(=O)c1coc(n1)C(=CCC)NC(=O)[C@H]([C@H](C)O)NC(=O)c1csc-2n1)C(=O)O. The second-order valence-corrected chi connectivity index (χ2v) is 20.6. The van der Waals surface area contributed by atoms with Gasteiger partial charge in [0.25, 0.3) is 53.2 Å². The summed E-state index contributed by atoms with van der Waals surface area (Å²) >= 11 is 3.00. The molecule has 3 atom stereocenters. The third-order valence-electron chi connectivity index (χ3n) is 11.4. The van der Waals surface area contributed by atoms with Gasteiger partial charge in [-0.1, -0.05) is 52.5 Å². The van der Waals surface area contributed by atoms with Crippen LogP contribution < -0.4 is 53.2 Å². The molecule has 0 aliphatic carbocycles. The van der Waals surface area contributed by atoms with E-state index in [1.807, 2.05) is 10.6 Å². The maximum Gasteiger partial charge on any atom is 0.351 e. The van der Waals surface area contributed by atoms with Crippen LogP contribution in [0.3, 0.4) is 0 Å². The van der Waals surface area contributed by atoms with Gasteiger partial charge in [-0.3, -0.25) is 47.9 Å². The fourth-order valence-corrected chi connectivity index (χ4v) is 9.30. The van der Waals surface area contributed by atoms with Crippen LogP contribution in [0.2, 0.25) is 0 Å². The van der Waals surface area contributed by atoms with Gasteiger partial charge in [-0.05, 0) is 32.4 Å². The predicted molar refractivity (Wildman–Crippen MR) is 308 cm³/mol. The number of rotatable bonds is 11. The molecule has 0 saturated heterocycles. The van der Waals surface area contributed by atoms with Crippen LogP contribution in [0, 0.1) is 0 Å². The number of carboxylic acid groups (broad SMARTS) is 1. The average molecular weight is 1250 g/mol. The van der Waals surface area contributed by atoms with Crippen molar-refractivity contribution in [1.29, 1.82) is 0 Å². The second-order valence-electron chi connectivity index (χ2n) is 17.9. The van der Waals surface area contributed by atoms with Crippen LogP contribution in [0.15, 0.2) is 124 Å². The summed E-state index contributed by atoms with van der Waals surface area (Å²) in [6, 6.07) is 0.147. The summed E-state index contributed by atoms with van der Waals surface area (Å²) in [7, 11) is 0. The van der Waals surface area contributed by atoms with Crippen LogP contribution in [0.1, 0.15) is 107 Å². The summed E-state index contributed by atoms with van der Waals surface area (Å²) in [6.07, 6.45) is 2.40. The lowest BCUT2D eigenvalue weighted by atomic mass is 10.1. The van der Waals surface area contributed by atoms with Gasteiger partial charge in [-0.2, -0.15) is 0 Å². The van der Waals surface area contributed by atoms with Crippen LogP contribution in [-0.4, -0.2) is 117 Å². The molecular formula is C53H48N16O15S3. The molecule has 7 rings (SSSR count). The minimum atomic E-state index is -1.63. The van der Waals surface area contributed by atoms with Crippen molar-refractivity contribution in [2.45, 2.75) is 51.9 Å². The summed E-state index contributed by atoms with van der Waals surface area (Å²) in [5.74, 6) is -11.7. The Morgan fingerprint density at radius 1 is 0.667 bits per heavy atom. The van der Waals surface area contributed by atoms with Crippen molar-refractivity contribution in [1.82, 2.24) is 83.1 Å². The van der Waals surface area contributed by atoms with E-state index in [1.165, 1.54) is 41.3 Å². The molecule has 31 nitrogen and oxygen atoms in total. The van der Waals surface area contributed by atoms with Crippen molar-refractivity contribution < 1.29 is 71.8 Å². The molecule has 7 heterocycles. The first-order valence-corrected chi connectivity index (χ1v) is 27.5. The zero-order valence-corrected chi connectivity index (χ0v) is 48.1. The third kappa shape index (κ3) is 15.7. The van der Waals surface area contributed by atoms with Crippen LogP contribution in [-0.2, 0) is 35.3 Å². The molecule has 0 unspecified atom stereocenters. The Hall–Kier alpha value is -11.2. The van der Waals surface area contributed by atoms with E-state index in [0.717, 1.165) is 46.5 Å². The Kier molecular flexibility index (Phi) is 20.0. The first kappa shape index (κ1) is 63.4. The van der Waals surface area contributed by atoms with E-state index in [9.17, 15) is 57.8 Å². The molecule has 6 aromatic rings. The number of amides is 10. The summed E-state index contributed by atoms with van der Waals surface area (Å²) in [4.78, 5) is 170. The minimum Gasteiger partial charge on any atom is -0.477 e. The highest BCUT2D eigenvalue weighted by Gasteiger charge is 2.31. The Balaban J connectivity index is 1.16. The molecule has 10 amide bonds. The second kappa shape index (κ2) is 27.4. The lowest BCUT2D eigenvalue weighted by molar-refractivity contribution is -0.134. The Labute approximate surface area is 502 Å². The lowest BCUT2D eigenvalue weighted by Crippen LogP contribution is -2.52. The van der Waals surface area contributed by atoms with Crippen molar-refractivity contribution in [2.75, 3.05) is 0 Å². The molecule has 0 aromatic carbocycles. The highest BCUT2D eigenvalue weighted by atomic mass is 32.1. The number of carbonyl (C=O) groups excluding carboxylic acids is 10. The van der Waals surface area contributed by atoms with Crippen molar-refractivity contribution in [3.63, 3.8) is 0 Å². The third-order valence-corrected chi connectivity index (χ3v) is 14.1. The number of aliphatic hydroxyl groups excluding tert-OH is 1. The fourth-order valence-electron chi connectivity index (χ4n) is 6.96. The Morgan fingerprint density at radius 3 is 1.91 bits per heavy atom. The van der Waals surface area contributed by atoms with E-state index in [1.54, 1.807) is 13.8 Å². The van der Waals surface area contributed by atoms with Crippen molar-refractivity contribution in [3.05, 3.63) is 165 Å². The molecule has 0 fully saturated rings. The number of hydrogen-bond donors (Lipinski definition) is 12. The largest absolute Gasteiger partial charge is 0.477 e. The van der Waals surface area contributed by atoms with Gasteiger partial charge >= 0.3 is 5.97 Å². The van der Waals surface area contributed by atoms with Gasteiger partial charge in [-0.15, -0.1) is 34.0 Å². The number of thiazole rings is 3. The van der Waals surface area contributed by atoms with E-state index < -0.39 is 117 Å².